The van der Waals surface area contributed by atoms with Gasteiger partial charge < -0.3 is 15.2 Å². The van der Waals surface area contributed by atoms with E-state index in [0.29, 0.717) is 17.9 Å². The Kier molecular flexibility index (Phi) is 4.93. The van der Waals surface area contributed by atoms with Crippen LogP contribution in [-0.4, -0.2) is 27.4 Å². The highest BCUT2D eigenvalue weighted by Gasteiger charge is 2.17. The van der Waals surface area contributed by atoms with Gasteiger partial charge in [0.1, 0.15) is 5.69 Å². The number of nitrogens with one attached hydrogen (secondary N) is 2. The van der Waals surface area contributed by atoms with Crippen molar-refractivity contribution < 1.29 is 9.72 Å². The number of benzene rings is 2. The van der Waals surface area contributed by atoms with E-state index in [9.17, 15) is 14.9 Å². The normalized spacial score (nSPS) is 10.3. The van der Waals surface area contributed by atoms with Gasteiger partial charge in [-0.2, -0.15) is 0 Å². The molecule has 132 valence electrons. The van der Waals surface area contributed by atoms with Crippen LogP contribution in [-0.2, 0) is 6.54 Å². The summed E-state index contributed by atoms with van der Waals surface area (Å²) >= 11 is 0. The second-order valence-electron chi connectivity index (χ2n) is 5.63. The Morgan fingerprint density at radius 1 is 1.27 bits per heavy atom. The summed E-state index contributed by atoms with van der Waals surface area (Å²) in [5.74, 6) is -0.407. The van der Waals surface area contributed by atoms with Crippen LogP contribution in [0.3, 0.4) is 0 Å². The lowest BCUT2D eigenvalue weighted by Crippen LogP contribution is -2.13. The fourth-order valence-corrected chi connectivity index (χ4v) is 2.58. The van der Waals surface area contributed by atoms with E-state index >= 15 is 0 Å². The smallest absolute Gasteiger partial charge is 0.293 e. The Labute approximate surface area is 149 Å². The van der Waals surface area contributed by atoms with Gasteiger partial charge in [0.25, 0.3) is 11.6 Å². The first-order chi connectivity index (χ1) is 12.6. The molecule has 0 unspecified atom stereocenters. The van der Waals surface area contributed by atoms with Crippen molar-refractivity contribution >= 4 is 23.0 Å². The molecule has 26 heavy (non-hydrogen) atoms. The van der Waals surface area contributed by atoms with Gasteiger partial charge in [0.2, 0.25) is 0 Å². The molecule has 8 nitrogen and oxygen atoms in total. The molecule has 2 aromatic carbocycles. The third-order valence-electron chi connectivity index (χ3n) is 3.84. The summed E-state index contributed by atoms with van der Waals surface area (Å²) in [5.41, 5.74) is 2.05. The Morgan fingerprint density at radius 3 is 2.81 bits per heavy atom. The molecule has 0 saturated carbocycles. The zero-order valence-electron chi connectivity index (χ0n) is 14.0. The number of hydrogen-bond acceptors (Lipinski definition) is 5. The van der Waals surface area contributed by atoms with Crippen LogP contribution < -0.4 is 10.6 Å². The van der Waals surface area contributed by atoms with E-state index < -0.39 is 10.8 Å². The molecule has 3 aromatic rings. The average Bonchev–Trinajstić information content (AvgIpc) is 3.14. The van der Waals surface area contributed by atoms with Gasteiger partial charge in [0.15, 0.2) is 0 Å². The molecule has 0 aliphatic rings. The van der Waals surface area contributed by atoms with Gasteiger partial charge in [-0.3, -0.25) is 14.9 Å². The third kappa shape index (κ3) is 3.86. The van der Waals surface area contributed by atoms with Crippen molar-refractivity contribution in [3.05, 3.63) is 82.4 Å². The van der Waals surface area contributed by atoms with Crippen LogP contribution in [0, 0.1) is 10.1 Å². The molecule has 2 N–H and O–H groups in total. The fourth-order valence-electron chi connectivity index (χ4n) is 2.58. The number of carbonyl (C=O) groups excluding carboxylic acids is 1. The van der Waals surface area contributed by atoms with E-state index in [4.69, 9.17) is 0 Å². The first-order valence-corrected chi connectivity index (χ1v) is 7.89. The number of rotatable bonds is 6. The zero-order valence-corrected chi connectivity index (χ0v) is 14.0. The van der Waals surface area contributed by atoms with Crippen LogP contribution in [0.15, 0.2) is 61.2 Å². The number of amides is 1. The predicted octanol–water partition coefficient (Wildman–Crippen LogP) is 3.13. The lowest BCUT2D eigenvalue weighted by molar-refractivity contribution is -0.384. The fraction of sp³-hybridized carbons (Fsp3) is 0.111. The Morgan fingerprint density at radius 2 is 2.12 bits per heavy atom. The van der Waals surface area contributed by atoms with Crippen LogP contribution in [0.2, 0.25) is 0 Å². The Balaban J connectivity index is 1.77. The maximum absolute atomic E-state index is 12.4. The SMILES string of the molecule is CNc1ccc(C(=O)Nc2cccc(Cn3ccnc3)c2)cc1[N+](=O)[O-]. The van der Waals surface area contributed by atoms with Crippen LogP contribution >= 0.6 is 0 Å². The second-order valence-corrected chi connectivity index (χ2v) is 5.63. The van der Waals surface area contributed by atoms with Crippen LogP contribution in [0.25, 0.3) is 0 Å². The predicted molar refractivity (Wildman–Crippen MR) is 98.4 cm³/mol. The summed E-state index contributed by atoms with van der Waals surface area (Å²) in [7, 11) is 1.59. The van der Waals surface area contributed by atoms with Crippen molar-refractivity contribution in [2.24, 2.45) is 0 Å². The van der Waals surface area contributed by atoms with Crippen LogP contribution in [0.4, 0.5) is 17.1 Å². The van der Waals surface area contributed by atoms with Gasteiger partial charge in [-0.15, -0.1) is 0 Å². The molecule has 0 bridgehead atoms. The van der Waals surface area contributed by atoms with Crippen LogP contribution in [0.1, 0.15) is 15.9 Å². The number of aromatic nitrogens is 2. The molecule has 0 fully saturated rings. The van der Waals surface area contributed by atoms with Crippen molar-refractivity contribution in [3.8, 4) is 0 Å². The summed E-state index contributed by atoms with van der Waals surface area (Å²) in [4.78, 5) is 27.1. The highest BCUT2D eigenvalue weighted by molar-refractivity contribution is 6.05. The lowest BCUT2D eigenvalue weighted by atomic mass is 10.1. The standard InChI is InChI=1S/C18H17N5O3/c1-19-16-6-5-14(10-17(16)23(25)26)18(24)21-15-4-2-3-13(9-15)11-22-8-7-20-12-22/h2-10,12,19H,11H2,1H3,(H,21,24). The molecule has 0 radical (unpaired) electrons. The molecule has 0 atom stereocenters. The molecule has 1 amide bonds. The minimum Gasteiger partial charge on any atom is -0.383 e. The van der Waals surface area contributed by atoms with E-state index in [1.165, 1.54) is 12.1 Å². The van der Waals surface area contributed by atoms with Gasteiger partial charge in [-0.25, -0.2) is 4.98 Å². The van der Waals surface area contributed by atoms with Gasteiger partial charge >= 0.3 is 0 Å². The topological polar surface area (TPSA) is 102 Å². The maximum atomic E-state index is 12.4. The third-order valence-corrected chi connectivity index (χ3v) is 3.84. The molecule has 0 saturated heterocycles. The molecule has 1 aromatic heterocycles. The largest absolute Gasteiger partial charge is 0.383 e. The van der Waals surface area contributed by atoms with E-state index in [1.54, 1.807) is 31.7 Å². The summed E-state index contributed by atoms with van der Waals surface area (Å²) < 4.78 is 1.92. The zero-order chi connectivity index (χ0) is 18.5. The quantitative estimate of drug-likeness (QED) is 0.525. The number of hydrogen-bond donors (Lipinski definition) is 2. The second kappa shape index (κ2) is 7.47. The van der Waals surface area contributed by atoms with Crippen molar-refractivity contribution in [2.75, 3.05) is 17.7 Å². The minimum absolute atomic E-state index is 0.144. The highest BCUT2D eigenvalue weighted by atomic mass is 16.6. The highest BCUT2D eigenvalue weighted by Crippen LogP contribution is 2.25. The Bertz CT molecular complexity index is 938. The van der Waals surface area contributed by atoms with E-state index in [1.807, 2.05) is 29.0 Å². The molecule has 0 spiro atoms. The monoisotopic (exact) mass is 351 g/mol. The number of carbonyl (C=O) groups is 1. The molecule has 3 rings (SSSR count). The van der Waals surface area contributed by atoms with Crippen LogP contribution in [0.5, 0.6) is 0 Å². The number of anilines is 2. The van der Waals surface area contributed by atoms with Crippen molar-refractivity contribution in [1.29, 1.82) is 0 Å². The van der Waals surface area contributed by atoms with Gasteiger partial charge in [0.05, 0.1) is 11.3 Å². The van der Waals surface area contributed by atoms with E-state index in [0.717, 1.165) is 5.56 Å². The van der Waals surface area contributed by atoms with Crippen molar-refractivity contribution in [2.45, 2.75) is 6.54 Å². The molecule has 1 heterocycles. The van der Waals surface area contributed by atoms with Gasteiger partial charge in [-0.1, -0.05) is 12.1 Å². The summed E-state index contributed by atoms with van der Waals surface area (Å²) in [6.45, 7) is 0.631. The number of imidazole rings is 1. The first-order valence-electron chi connectivity index (χ1n) is 7.89. The summed E-state index contributed by atoms with van der Waals surface area (Å²) in [5, 5.41) is 16.7. The summed E-state index contributed by atoms with van der Waals surface area (Å²) in [6, 6.07) is 11.7. The first kappa shape index (κ1) is 17.2. The Hall–Kier alpha value is -3.68. The van der Waals surface area contributed by atoms with Gasteiger partial charge in [0, 0.05) is 43.3 Å². The molecular weight excluding hydrogens is 334 g/mol. The molecule has 0 aliphatic carbocycles. The number of nitrogens with zero attached hydrogens (tertiary/aromatic N) is 3. The number of nitro benzene ring substituents is 1. The van der Waals surface area contributed by atoms with Gasteiger partial charge in [-0.05, 0) is 29.8 Å². The molecular formula is C18H17N5O3. The van der Waals surface area contributed by atoms with E-state index in [2.05, 4.69) is 15.6 Å². The maximum Gasteiger partial charge on any atom is 0.293 e. The molecule has 8 heteroatoms. The summed E-state index contributed by atoms with van der Waals surface area (Å²) in [6.07, 6.45) is 5.27. The lowest BCUT2D eigenvalue weighted by Gasteiger charge is -2.09. The number of nitro groups is 1. The van der Waals surface area contributed by atoms with E-state index in [-0.39, 0.29) is 11.3 Å². The van der Waals surface area contributed by atoms with Crippen molar-refractivity contribution in [1.82, 2.24) is 9.55 Å². The van der Waals surface area contributed by atoms with Crippen molar-refractivity contribution in [3.63, 3.8) is 0 Å². The average molecular weight is 351 g/mol. The minimum atomic E-state index is -0.519. The molecule has 0 aliphatic heterocycles.